The summed E-state index contributed by atoms with van der Waals surface area (Å²) in [6.07, 6.45) is 0.183. The molecule has 0 aliphatic carbocycles. The highest BCUT2D eigenvalue weighted by molar-refractivity contribution is 5.81. The monoisotopic (exact) mass is 245 g/mol. The number of hydrogen-bond donors (Lipinski definition) is 3. The second-order valence-corrected chi connectivity index (χ2v) is 4.68. The van der Waals surface area contributed by atoms with E-state index in [2.05, 4.69) is 10.6 Å². The molecule has 0 radical (unpaired) electrons. The molecule has 0 aromatic rings. The molecule has 0 aromatic carbocycles. The summed E-state index contributed by atoms with van der Waals surface area (Å²) in [4.78, 5) is 22.5. The second-order valence-electron chi connectivity index (χ2n) is 4.68. The van der Waals surface area contributed by atoms with Gasteiger partial charge >= 0.3 is 0 Å². The standard InChI is InChI=1S/C11H23N3O3/c1-8(10(16)13-5-6-17-4)14-11(2,3)7-9(12)15/h8,14H,5-7H2,1-4H3,(H2,12,15)(H,13,16). The maximum Gasteiger partial charge on any atom is 0.236 e. The number of methoxy groups -OCH3 is 1. The molecule has 1 unspecified atom stereocenters. The van der Waals surface area contributed by atoms with Crippen LogP contribution in [0.1, 0.15) is 27.2 Å². The van der Waals surface area contributed by atoms with Crippen molar-refractivity contribution in [2.45, 2.75) is 38.8 Å². The summed E-state index contributed by atoms with van der Waals surface area (Å²) >= 11 is 0. The van der Waals surface area contributed by atoms with Gasteiger partial charge in [0.25, 0.3) is 0 Å². The first kappa shape index (κ1) is 15.9. The van der Waals surface area contributed by atoms with E-state index in [4.69, 9.17) is 10.5 Å². The van der Waals surface area contributed by atoms with Crippen LogP contribution < -0.4 is 16.4 Å². The zero-order valence-electron chi connectivity index (χ0n) is 11.0. The van der Waals surface area contributed by atoms with Gasteiger partial charge in [0.1, 0.15) is 0 Å². The quantitative estimate of drug-likeness (QED) is 0.497. The predicted molar refractivity (Wildman–Crippen MR) is 65.4 cm³/mol. The summed E-state index contributed by atoms with van der Waals surface area (Å²) in [5, 5.41) is 5.78. The lowest BCUT2D eigenvalue weighted by atomic mass is 9.99. The van der Waals surface area contributed by atoms with E-state index in [1.807, 2.05) is 13.8 Å². The summed E-state index contributed by atoms with van der Waals surface area (Å²) in [6, 6.07) is -0.388. The van der Waals surface area contributed by atoms with E-state index in [1.54, 1.807) is 14.0 Å². The second kappa shape index (κ2) is 7.24. The van der Waals surface area contributed by atoms with E-state index in [-0.39, 0.29) is 18.4 Å². The zero-order chi connectivity index (χ0) is 13.5. The van der Waals surface area contributed by atoms with Gasteiger partial charge in [-0.05, 0) is 20.8 Å². The lowest BCUT2D eigenvalue weighted by molar-refractivity contribution is -0.124. The number of rotatable bonds is 8. The van der Waals surface area contributed by atoms with Gasteiger partial charge in [-0.3, -0.25) is 9.59 Å². The van der Waals surface area contributed by atoms with Crippen LogP contribution in [0.2, 0.25) is 0 Å². The molecule has 0 bridgehead atoms. The lowest BCUT2D eigenvalue weighted by Gasteiger charge is -2.28. The van der Waals surface area contributed by atoms with E-state index in [9.17, 15) is 9.59 Å². The predicted octanol–water partition coefficient (Wildman–Crippen LogP) is -0.619. The average Bonchev–Trinajstić information content (AvgIpc) is 2.14. The number of nitrogens with one attached hydrogen (secondary N) is 2. The fraction of sp³-hybridized carbons (Fsp3) is 0.818. The molecule has 0 spiro atoms. The molecule has 4 N–H and O–H groups in total. The van der Waals surface area contributed by atoms with Crippen molar-refractivity contribution >= 4 is 11.8 Å². The molecule has 0 saturated heterocycles. The minimum absolute atomic E-state index is 0.125. The SMILES string of the molecule is COCCNC(=O)C(C)NC(C)(C)CC(N)=O. The van der Waals surface area contributed by atoms with Crippen LogP contribution in [0, 0.1) is 0 Å². The van der Waals surface area contributed by atoms with Crippen LogP contribution in [-0.2, 0) is 14.3 Å². The molecular formula is C11H23N3O3. The number of nitrogens with two attached hydrogens (primary N) is 1. The summed E-state index contributed by atoms with van der Waals surface area (Å²) in [5.41, 5.74) is 4.64. The highest BCUT2D eigenvalue weighted by Crippen LogP contribution is 2.08. The van der Waals surface area contributed by atoms with Crippen molar-refractivity contribution in [1.82, 2.24) is 10.6 Å². The zero-order valence-corrected chi connectivity index (χ0v) is 11.0. The molecule has 6 heteroatoms. The summed E-state index contributed by atoms with van der Waals surface area (Å²) in [7, 11) is 1.57. The van der Waals surface area contributed by atoms with Gasteiger partial charge in [0.2, 0.25) is 11.8 Å². The molecular weight excluding hydrogens is 222 g/mol. The Morgan fingerprint density at radius 1 is 1.41 bits per heavy atom. The molecule has 0 aromatic heterocycles. The molecule has 6 nitrogen and oxygen atoms in total. The van der Waals surface area contributed by atoms with Crippen molar-refractivity contribution in [1.29, 1.82) is 0 Å². The third-order valence-corrected chi connectivity index (χ3v) is 2.22. The Labute approximate surface area is 102 Å². The third kappa shape index (κ3) is 7.70. The smallest absolute Gasteiger partial charge is 0.236 e. The van der Waals surface area contributed by atoms with Crippen LogP contribution >= 0.6 is 0 Å². The van der Waals surface area contributed by atoms with Crippen molar-refractivity contribution in [2.24, 2.45) is 5.73 Å². The Hall–Kier alpha value is -1.14. The van der Waals surface area contributed by atoms with E-state index in [1.165, 1.54) is 0 Å². The van der Waals surface area contributed by atoms with Gasteiger partial charge in [-0.1, -0.05) is 0 Å². The van der Waals surface area contributed by atoms with Crippen molar-refractivity contribution in [3.8, 4) is 0 Å². The fourth-order valence-corrected chi connectivity index (χ4v) is 1.57. The molecule has 0 heterocycles. The normalized spacial score (nSPS) is 13.2. The summed E-state index contributed by atoms with van der Waals surface area (Å²) in [6.45, 7) is 6.35. The van der Waals surface area contributed by atoms with Crippen LogP contribution in [0.5, 0.6) is 0 Å². The van der Waals surface area contributed by atoms with E-state index >= 15 is 0 Å². The molecule has 0 aliphatic heterocycles. The van der Waals surface area contributed by atoms with E-state index in [0.29, 0.717) is 13.2 Å². The first-order valence-electron chi connectivity index (χ1n) is 5.61. The Morgan fingerprint density at radius 2 is 2.00 bits per heavy atom. The van der Waals surface area contributed by atoms with Gasteiger partial charge in [-0.25, -0.2) is 0 Å². The Balaban J connectivity index is 4.09. The largest absolute Gasteiger partial charge is 0.383 e. The molecule has 2 amide bonds. The highest BCUT2D eigenvalue weighted by atomic mass is 16.5. The van der Waals surface area contributed by atoms with Gasteiger partial charge in [0.05, 0.1) is 12.6 Å². The Kier molecular flexibility index (Phi) is 6.75. The van der Waals surface area contributed by atoms with Crippen molar-refractivity contribution in [3.05, 3.63) is 0 Å². The van der Waals surface area contributed by atoms with Gasteiger partial charge in [-0.15, -0.1) is 0 Å². The van der Waals surface area contributed by atoms with Crippen molar-refractivity contribution in [2.75, 3.05) is 20.3 Å². The minimum atomic E-state index is -0.496. The maximum absolute atomic E-state index is 11.6. The van der Waals surface area contributed by atoms with Gasteiger partial charge in [0, 0.05) is 25.6 Å². The van der Waals surface area contributed by atoms with Crippen LogP contribution in [0.3, 0.4) is 0 Å². The summed E-state index contributed by atoms with van der Waals surface area (Å²) < 4.78 is 4.83. The van der Waals surface area contributed by atoms with Crippen LogP contribution in [0.4, 0.5) is 0 Å². The highest BCUT2D eigenvalue weighted by Gasteiger charge is 2.25. The topological polar surface area (TPSA) is 93.4 Å². The Bertz CT molecular complexity index is 267. The number of carbonyl (C=O) groups is 2. The Morgan fingerprint density at radius 3 is 2.47 bits per heavy atom. The van der Waals surface area contributed by atoms with Crippen LogP contribution in [0.25, 0.3) is 0 Å². The first-order chi connectivity index (χ1) is 7.78. The lowest BCUT2D eigenvalue weighted by Crippen LogP contribution is -2.53. The molecule has 0 aliphatic rings. The average molecular weight is 245 g/mol. The number of carbonyl (C=O) groups excluding carboxylic acids is 2. The molecule has 0 fully saturated rings. The molecule has 0 saturated carbocycles. The van der Waals surface area contributed by atoms with Gasteiger partial charge in [0.15, 0.2) is 0 Å². The molecule has 17 heavy (non-hydrogen) atoms. The van der Waals surface area contributed by atoms with E-state index < -0.39 is 11.4 Å². The minimum Gasteiger partial charge on any atom is -0.383 e. The number of hydrogen-bond acceptors (Lipinski definition) is 4. The number of amides is 2. The van der Waals surface area contributed by atoms with Crippen LogP contribution in [-0.4, -0.2) is 43.7 Å². The number of ether oxygens (including phenoxy) is 1. The van der Waals surface area contributed by atoms with Gasteiger partial charge in [-0.2, -0.15) is 0 Å². The van der Waals surface area contributed by atoms with Crippen molar-refractivity contribution in [3.63, 3.8) is 0 Å². The third-order valence-electron chi connectivity index (χ3n) is 2.22. The number of primary amides is 1. The fourth-order valence-electron chi connectivity index (χ4n) is 1.57. The molecule has 100 valence electrons. The van der Waals surface area contributed by atoms with Crippen molar-refractivity contribution < 1.29 is 14.3 Å². The summed E-state index contributed by atoms with van der Waals surface area (Å²) in [5.74, 6) is -0.519. The first-order valence-corrected chi connectivity index (χ1v) is 5.61. The molecule has 1 atom stereocenters. The molecule has 0 rings (SSSR count). The van der Waals surface area contributed by atoms with E-state index in [0.717, 1.165) is 0 Å². The van der Waals surface area contributed by atoms with Crippen LogP contribution in [0.15, 0.2) is 0 Å². The maximum atomic E-state index is 11.6. The van der Waals surface area contributed by atoms with Gasteiger partial charge < -0.3 is 21.1 Å².